The van der Waals surface area contributed by atoms with Crippen molar-refractivity contribution in [3.05, 3.63) is 88.4 Å². The number of ketones is 1. The molecule has 0 spiro atoms. The van der Waals surface area contributed by atoms with Gasteiger partial charge < -0.3 is 14.5 Å². The highest BCUT2D eigenvalue weighted by Gasteiger charge is 2.49. The number of hydrogen-bond donors (Lipinski definition) is 1. The third-order valence-electron chi connectivity index (χ3n) is 7.09. The van der Waals surface area contributed by atoms with Crippen LogP contribution in [0.2, 0.25) is 0 Å². The van der Waals surface area contributed by atoms with E-state index in [2.05, 4.69) is 5.32 Å². The number of nitrogens with one attached hydrogen (secondary N) is 1. The summed E-state index contributed by atoms with van der Waals surface area (Å²) in [4.78, 5) is 27.1. The highest BCUT2D eigenvalue weighted by Crippen LogP contribution is 2.37. The lowest BCUT2D eigenvalue weighted by atomic mass is 9.83. The monoisotopic (exact) mass is 495 g/mol. The Balaban J connectivity index is 0.00000289. The molecule has 0 aliphatic carbocycles. The zero-order valence-corrected chi connectivity index (χ0v) is 19.7. The van der Waals surface area contributed by atoms with Gasteiger partial charge >= 0.3 is 5.97 Å². The smallest absolute Gasteiger partial charge is 0.333 e. The summed E-state index contributed by atoms with van der Waals surface area (Å²) in [6.45, 7) is 3.00. The first-order chi connectivity index (χ1) is 16.5. The van der Waals surface area contributed by atoms with E-state index in [-0.39, 0.29) is 31.1 Å². The Morgan fingerprint density at radius 3 is 2.51 bits per heavy atom. The highest BCUT2D eigenvalue weighted by atomic mass is 32.1. The van der Waals surface area contributed by atoms with Gasteiger partial charge in [-0.15, -0.1) is 11.3 Å². The standard InChI is InChI=1S/C27H28FN2O3S.CH4/c28-21-8-4-9-22(16-21)29-26(20-6-2-1-3-7-20)27(32)33-24-18-30(13-11-19(24)12-14-30)17-23(31)25-10-5-15-34-25;/h1-10,15-16,19,24,26,29H,11-14,17-18H2;1H4/q+1;/t19?,24-,26?,30?;/m0./s1. The molecule has 2 atom stereocenters. The van der Waals surface area contributed by atoms with Crippen molar-refractivity contribution in [2.45, 2.75) is 32.4 Å². The van der Waals surface area contributed by atoms with Crippen LogP contribution in [-0.2, 0) is 9.53 Å². The molecule has 1 unspecified atom stereocenters. The summed E-state index contributed by atoms with van der Waals surface area (Å²) < 4.78 is 20.6. The number of rotatable bonds is 8. The number of piperidine rings is 3. The first-order valence-corrected chi connectivity index (χ1v) is 12.6. The fourth-order valence-electron chi connectivity index (χ4n) is 5.28. The number of esters is 1. The molecular formula is C28H32FN2O3S+. The number of quaternary nitrogens is 1. The van der Waals surface area contributed by atoms with Crippen LogP contribution in [0.5, 0.6) is 0 Å². The molecule has 0 saturated carbocycles. The first-order valence-electron chi connectivity index (χ1n) is 11.7. The fourth-order valence-corrected chi connectivity index (χ4v) is 5.94. The molecule has 184 valence electrons. The molecule has 0 amide bonds. The van der Waals surface area contributed by atoms with E-state index >= 15 is 0 Å². The Labute approximate surface area is 210 Å². The van der Waals surface area contributed by atoms with Gasteiger partial charge in [-0.1, -0.05) is 49.9 Å². The SMILES string of the molecule is C.O=C(C[N+]12CCC(CC1)[C@@H](OC(=O)C(Nc1cccc(F)c1)c1ccccc1)C2)c1cccs1. The van der Waals surface area contributed by atoms with Gasteiger partial charge in [-0.3, -0.25) is 4.79 Å². The average molecular weight is 496 g/mol. The molecule has 1 aromatic heterocycles. The minimum Gasteiger partial charge on any atom is -0.454 e. The molecule has 35 heavy (non-hydrogen) atoms. The van der Waals surface area contributed by atoms with Gasteiger partial charge in [0.1, 0.15) is 18.9 Å². The molecular weight excluding hydrogens is 463 g/mol. The number of fused-ring (bicyclic) bond motifs is 3. The van der Waals surface area contributed by atoms with Gasteiger partial charge in [0.15, 0.2) is 12.1 Å². The summed E-state index contributed by atoms with van der Waals surface area (Å²) in [5, 5.41) is 5.08. The summed E-state index contributed by atoms with van der Waals surface area (Å²) in [6, 6.07) is 18.5. The van der Waals surface area contributed by atoms with Crippen LogP contribution >= 0.6 is 11.3 Å². The molecule has 3 saturated heterocycles. The van der Waals surface area contributed by atoms with Crippen LogP contribution in [0.3, 0.4) is 0 Å². The molecule has 0 radical (unpaired) electrons. The number of hydrogen-bond acceptors (Lipinski definition) is 5. The van der Waals surface area contributed by atoms with E-state index in [1.165, 1.54) is 23.5 Å². The third-order valence-corrected chi connectivity index (χ3v) is 8.00. The molecule has 3 aliphatic rings. The maximum absolute atomic E-state index is 13.8. The molecule has 3 aliphatic heterocycles. The zero-order valence-electron chi connectivity index (χ0n) is 18.9. The normalized spacial score (nSPS) is 23.7. The lowest BCUT2D eigenvalue weighted by Gasteiger charge is -2.51. The molecule has 2 bridgehead atoms. The van der Waals surface area contributed by atoms with Crippen molar-refractivity contribution in [1.29, 1.82) is 0 Å². The summed E-state index contributed by atoms with van der Waals surface area (Å²) in [5.41, 5.74) is 1.28. The number of halogens is 1. The second kappa shape index (κ2) is 10.7. The number of ether oxygens (including phenoxy) is 1. The van der Waals surface area contributed by atoms with Crippen molar-refractivity contribution >= 4 is 28.8 Å². The Kier molecular flexibility index (Phi) is 7.67. The number of carbonyl (C=O) groups excluding carboxylic acids is 2. The zero-order chi connectivity index (χ0) is 23.5. The molecule has 3 fully saturated rings. The van der Waals surface area contributed by atoms with Crippen LogP contribution in [0.4, 0.5) is 10.1 Å². The van der Waals surface area contributed by atoms with Gasteiger partial charge in [0.2, 0.25) is 5.78 Å². The molecule has 1 N–H and O–H groups in total. The fraction of sp³-hybridized carbons (Fsp3) is 0.357. The summed E-state index contributed by atoms with van der Waals surface area (Å²) in [7, 11) is 0. The average Bonchev–Trinajstić information content (AvgIpc) is 3.39. The van der Waals surface area contributed by atoms with Gasteiger partial charge in [0.05, 0.1) is 18.0 Å². The van der Waals surface area contributed by atoms with Crippen molar-refractivity contribution < 1.29 is 23.2 Å². The predicted octanol–water partition coefficient (Wildman–Crippen LogP) is 5.71. The predicted molar refractivity (Wildman–Crippen MR) is 137 cm³/mol. The lowest BCUT2D eigenvalue weighted by Crippen LogP contribution is -2.65. The topological polar surface area (TPSA) is 55.4 Å². The minimum atomic E-state index is -0.750. The minimum absolute atomic E-state index is 0. The van der Waals surface area contributed by atoms with Crippen LogP contribution in [0.15, 0.2) is 72.1 Å². The van der Waals surface area contributed by atoms with Crippen LogP contribution in [0, 0.1) is 11.7 Å². The van der Waals surface area contributed by atoms with E-state index in [0.717, 1.165) is 36.4 Å². The van der Waals surface area contributed by atoms with E-state index in [1.54, 1.807) is 12.1 Å². The van der Waals surface area contributed by atoms with Crippen LogP contribution in [0.1, 0.15) is 41.5 Å². The second-order valence-electron chi connectivity index (χ2n) is 9.34. The van der Waals surface area contributed by atoms with Crippen molar-refractivity contribution in [3.63, 3.8) is 0 Å². The van der Waals surface area contributed by atoms with E-state index in [9.17, 15) is 14.0 Å². The maximum Gasteiger partial charge on any atom is 0.333 e. The molecule has 3 aromatic rings. The molecule has 7 heteroatoms. The van der Waals surface area contributed by atoms with Crippen LogP contribution < -0.4 is 5.32 Å². The van der Waals surface area contributed by atoms with Crippen LogP contribution in [-0.4, -0.2) is 48.5 Å². The van der Waals surface area contributed by atoms with E-state index in [1.807, 2.05) is 47.8 Å². The largest absolute Gasteiger partial charge is 0.454 e. The number of nitrogens with zero attached hydrogens (tertiary/aromatic N) is 1. The van der Waals surface area contributed by atoms with Crippen LogP contribution in [0.25, 0.3) is 0 Å². The molecule has 2 aromatic carbocycles. The number of carbonyl (C=O) groups is 2. The molecule has 6 rings (SSSR count). The molecule has 4 heterocycles. The van der Waals surface area contributed by atoms with Crippen molar-refractivity contribution in [2.24, 2.45) is 5.92 Å². The Hall–Kier alpha value is -3.03. The quantitative estimate of drug-likeness (QED) is 0.247. The number of Topliss-reactive ketones (excluding diaryl/α,β-unsaturated/α-hetero) is 1. The van der Waals surface area contributed by atoms with Crippen molar-refractivity contribution in [2.75, 3.05) is 31.5 Å². The van der Waals surface area contributed by atoms with E-state index < -0.39 is 6.04 Å². The van der Waals surface area contributed by atoms with Crippen molar-refractivity contribution in [1.82, 2.24) is 0 Å². The summed E-state index contributed by atoms with van der Waals surface area (Å²) >= 11 is 1.48. The van der Waals surface area contributed by atoms with Gasteiger partial charge in [-0.2, -0.15) is 0 Å². The summed E-state index contributed by atoms with van der Waals surface area (Å²) in [5.74, 6) is -0.275. The van der Waals surface area contributed by atoms with E-state index in [4.69, 9.17) is 4.74 Å². The highest BCUT2D eigenvalue weighted by molar-refractivity contribution is 7.12. The second-order valence-corrected chi connectivity index (χ2v) is 10.3. The number of thiophene rings is 1. The Morgan fingerprint density at radius 2 is 1.83 bits per heavy atom. The number of anilines is 1. The molecule has 5 nitrogen and oxygen atoms in total. The Bertz CT molecular complexity index is 1140. The third kappa shape index (κ3) is 5.63. The van der Waals surface area contributed by atoms with Gasteiger partial charge in [-0.25, -0.2) is 9.18 Å². The van der Waals surface area contributed by atoms with Gasteiger partial charge in [0.25, 0.3) is 0 Å². The summed E-state index contributed by atoms with van der Waals surface area (Å²) in [6.07, 6.45) is 1.66. The van der Waals surface area contributed by atoms with Gasteiger partial charge in [0, 0.05) is 24.4 Å². The Morgan fingerprint density at radius 1 is 1.06 bits per heavy atom. The number of benzene rings is 2. The maximum atomic E-state index is 13.8. The van der Waals surface area contributed by atoms with Gasteiger partial charge in [-0.05, 0) is 35.2 Å². The lowest BCUT2D eigenvalue weighted by molar-refractivity contribution is -0.938. The first kappa shape index (κ1) is 25.1. The van der Waals surface area contributed by atoms with E-state index in [0.29, 0.717) is 29.2 Å². The van der Waals surface area contributed by atoms with Crippen molar-refractivity contribution in [3.8, 4) is 0 Å².